The average Bonchev–Trinajstić information content (AvgIpc) is 2.83. The highest BCUT2D eigenvalue weighted by atomic mass is 19.1. The average molecular weight is 270 g/mol. The van der Waals surface area contributed by atoms with Crippen LogP contribution in [0.2, 0.25) is 0 Å². The Morgan fingerprint density at radius 3 is 2.55 bits per heavy atom. The molecular weight excluding hydrogens is 255 g/mol. The van der Waals surface area contributed by atoms with Crippen LogP contribution in [0.5, 0.6) is 0 Å². The van der Waals surface area contributed by atoms with Crippen molar-refractivity contribution >= 4 is 11.0 Å². The SMILES string of the molecule is Cc1cc(F)ccc1C(O)c1cc2cccc(C)c2o1. The second-order valence-corrected chi connectivity index (χ2v) is 5.05. The van der Waals surface area contributed by atoms with E-state index in [9.17, 15) is 9.50 Å². The van der Waals surface area contributed by atoms with E-state index in [1.165, 1.54) is 12.1 Å². The lowest BCUT2D eigenvalue weighted by atomic mass is 10.0. The number of furan rings is 1. The summed E-state index contributed by atoms with van der Waals surface area (Å²) in [6.45, 7) is 3.74. The molecular formula is C17H15FO2. The van der Waals surface area contributed by atoms with Crippen LogP contribution in [-0.4, -0.2) is 5.11 Å². The highest BCUT2D eigenvalue weighted by molar-refractivity contribution is 5.81. The number of halogens is 1. The summed E-state index contributed by atoms with van der Waals surface area (Å²) in [4.78, 5) is 0. The van der Waals surface area contributed by atoms with Crippen LogP contribution in [0.4, 0.5) is 4.39 Å². The zero-order valence-electron chi connectivity index (χ0n) is 11.4. The maximum atomic E-state index is 13.1. The van der Waals surface area contributed by atoms with E-state index in [0.717, 1.165) is 16.5 Å². The van der Waals surface area contributed by atoms with Crippen LogP contribution in [0.25, 0.3) is 11.0 Å². The molecule has 1 atom stereocenters. The number of fused-ring (bicyclic) bond motifs is 1. The highest BCUT2D eigenvalue weighted by Crippen LogP contribution is 2.31. The predicted molar refractivity (Wildman–Crippen MR) is 76.1 cm³/mol. The summed E-state index contributed by atoms with van der Waals surface area (Å²) in [5.41, 5.74) is 3.16. The van der Waals surface area contributed by atoms with E-state index in [2.05, 4.69) is 0 Å². The van der Waals surface area contributed by atoms with Gasteiger partial charge in [0.15, 0.2) is 0 Å². The molecule has 2 nitrogen and oxygen atoms in total. The normalized spacial score (nSPS) is 12.8. The van der Waals surface area contributed by atoms with Crippen molar-refractivity contribution in [1.82, 2.24) is 0 Å². The maximum Gasteiger partial charge on any atom is 0.138 e. The molecule has 3 heteroatoms. The molecule has 102 valence electrons. The Kier molecular flexibility index (Phi) is 3.07. The van der Waals surface area contributed by atoms with E-state index in [1.54, 1.807) is 13.0 Å². The van der Waals surface area contributed by atoms with Gasteiger partial charge in [0.1, 0.15) is 23.3 Å². The fourth-order valence-corrected chi connectivity index (χ4v) is 2.46. The quantitative estimate of drug-likeness (QED) is 0.754. The van der Waals surface area contributed by atoms with Crippen molar-refractivity contribution in [2.24, 2.45) is 0 Å². The first-order valence-electron chi connectivity index (χ1n) is 6.49. The molecule has 2 aromatic carbocycles. The largest absolute Gasteiger partial charge is 0.458 e. The molecule has 0 fully saturated rings. The number of rotatable bonds is 2. The van der Waals surface area contributed by atoms with E-state index in [-0.39, 0.29) is 5.82 Å². The van der Waals surface area contributed by atoms with Gasteiger partial charge in [-0.2, -0.15) is 0 Å². The minimum absolute atomic E-state index is 0.307. The van der Waals surface area contributed by atoms with E-state index >= 15 is 0 Å². The van der Waals surface area contributed by atoms with E-state index in [4.69, 9.17) is 4.42 Å². The third kappa shape index (κ3) is 2.10. The van der Waals surface area contributed by atoms with Gasteiger partial charge in [-0.25, -0.2) is 4.39 Å². The van der Waals surface area contributed by atoms with Gasteiger partial charge in [0.2, 0.25) is 0 Å². The van der Waals surface area contributed by atoms with Crippen LogP contribution in [0.1, 0.15) is 28.6 Å². The lowest BCUT2D eigenvalue weighted by Gasteiger charge is -2.11. The van der Waals surface area contributed by atoms with Crippen molar-refractivity contribution in [3.63, 3.8) is 0 Å². The van der Waals surface area contributed by atoms with Gasteiger partial charge in [-0.3, -0.25) is 0 Å². The molecule has 0 saturated carbocycles. The zero-order valence-corrected chi connectivity index (χ0v) is 11.4. The van der Waals surface area contributed by atoms with Gasteiger partial charge in [0.25, 0.3) is 0 Å². The van der Waals surface area contributed by atoms with Crippen molar-refractivity contribution in [1.29, 1.82) is 0 Å². The molecule has 1 aromatic heterocycles. The smallest absolute Gasteiger partial charge is 0.138 e. The molecule has 0 aliphatic carbocycles. The Hall–Kier alpha value is -2.13. The van der Waals surface area contributed by atoms with Crippen LogP contribution in [0.15, 0.2) is 46.9 Å². The third-order valence-electron chi connectivity index (χ3n) is 3.56. The lowest BCUT2D eigenvalue weighted by molar-refractivity contribution is 0.191. The second kappa shape index (κ2) is 4.76. The van der Waals surface area contributed by atoms with Crippen LogP contribution >= 0.6 is 0 Å². The maximum absolute atomic E-state index is 13.1. The Balaban J connectivity index is 2.08. The standard InChI is InChI=1S/C17H15FO2/c1-10-4-3-5-12-9-15(20-17(10)12)16(19)14-7-6-13(18)8-11(14)2/h3-9,16,19H,1-2H3. The number of benzene rings is 2. The number of aryl methyl sites for hydroxylation is 2. The summed E-state index contributed by atoms with van der Waals surface area (Å²) in [6, 6.07) is 12.0. The number of aliphatic hydroxyl groups excluding tert-OH is 1. The summed E-state index contributed by atoms with van der Waals surface area (Å²) in [6.07, 6.45) is -0.887. The topological polar surface area (TPSA) is 33.4 Å². The first-order valence-corrected chi connectivity index (χ1v) is 6.49. The van der Waals surface area contributed by atoms with E-state index in [1.807, 2.05) is 31.2 Å². The molecule has 3 aromatic rings. The Morgan fingerprint density at radius 1 is 1.05 bits per heavy atom. The van der Waals surface area contributed by atoms with Gasteiger partial charge < -0.3 is 9.52 Å². The number of para-hydroxylation sites is 1. The molecule has 0 amide bonds. The Morgan fingerprint density at radius 2 is 1.85 bits per heavy atom. The Labute approximate surface area is 116 Å². The van der Waals surface area contributed by atoms with Gasteiger partial charge in [-0.05, 0) is 48.7 Å². The van der Waals surface area contributed by atoms with Crippen molar-refractivity contribution in [2.75, 3.05) is 0 Å². The summed E-state index contributed by atoms with van der Waals surface area (Å²) >= 11 is 0. The first-order chi connectivity index (χ1) is 9.56. The lowest BCUT2D eigenvalue weighted by Crippen LogP contribution is -2.01. The molecule has 0 aliphatic heterocycles. The fourth-order valence-electron chi connectivity index (χ4n) is 2.46. The van der Waals surface area contributed by atoms with Crippen LogP contribution in [0.3, 0.4) is 0 Å². The number of hydrogen-bond donors (Lipinski definition) is 1. The van der Waals surface area contributed by atoms with Crippen molar-refractivity contribution < 1.29 is 13.9 Å². The summed E-state index contributed by atoms with van der Waals surface area (Å²) < 4.78 is 18.9. The minimum Gasteiger partial charge on any atom is -0.458 e. The van der Waals surface area contributed by atoms with Crippen LogP contribution in [-0.2, 0) is 0 Å². The molecule has 3 rings (SSSR count). The number of hydrogen-bond acceptors (Lipinski definition) is 2. The van der Waals surface area contributed by atoms with Gasteiger partial charge >= 0.3 is 0 Å². The highest BCUT2D eigenvalue weighted by Gasteiger charge is 2.18. The monoisotopic (exact) mass is 270 g/mol. The first kappa shape index (κ1) is 12.9. The number of aliphatic hydroxyl groups is 1. The molecule has 0 saturated heterocycles. The van der Waals surface area contributed by atoms with E-state index in [0.29, 0.717) is 16.9 Å². The fraction of sp³-hybridized carbons (Fsp3) is 0.176. The molecule has 0 bridgehead atoms. The van der Waals surface area contributed by atoms with Gasteiger partial charge in [-0.1, -0.05) is 24.3 Å². The molecule has 0 radical (unpaired) electrons. The predicted octanol–water partition coefficient (Wildman–Crippen LogP) is 4.27. The van der Waals surface area contributed by atoms with Crippen LogP contribution in [0, 0.1) is 19.7 Å². The molecule has 0 spiro atoms. The van der Waals surface area contributed by atoms with Crippen molar-refractivity contribution in [3.05, 3.63) is 70.7 Å². The van der Waals surface area contributed by atoms with Gasteiger partial charge in [-0.15, -0.1) is 0 Å². The summed E-state index contributed by atoms with van der Waals surface area (Å²) in [5, 5.41) is 11.4. The third-order valence-corrected chi connectivity index (χ3v) is 3.56. The molecule has 0 aliphatic rings. The van der Waals surface area contributed by atoms with E-state index < -0.39 is 6.10 Å². The summed E-state index contributed by atoms with van der Waals surface area (Å²) in [5.74, 6) is 0.169. The minimum atomic E-state index is -0.887. The molecule has 1 heterocycles. The second-order valence-electron chi connectivity index (χ2n) is 5.05. The van der Waals surface area contributed by atoms with Crippen LogP contribution < -0.4 is 0 Å². The summed E-state index contributed by atoms with van der Waals surface area (Å²) in [7, 11) is 0. The van der Waals surface area contributed by atoms with Crippen molar-refractivity contribution in [3.8, 4) is 0 Å². The molecule has 1 unspecified atom stereocenters. The van der Waals surface area contributed by atoms with Crippen molar-refractivity contribution in [2.45, 2.75) is 20.0 Å². The van der Waals surface area contributed by atoms with Gasteiger partial charge in [0.05, 0.1) is 0 Å². The van der Waals surface area contributed by atoms with Gasteiger partial charge in [0, 0.05) is 5.39 Å². The molecule has 20 heavy (non-hydrogen) atoms. The molecule has 1 N–H and O–H groups in total. The Bertz CT molecular complexity index is 774. The zero-order chi connectivity index (χ0) is 14.3.